The van der Waals surface area contributed by atoms with Crippen LogP contribution in [0.15, 0.2) is 0 Å². The lowest BCUT2D eigenvalue weighted by Crippen LogP contribution is -2.44. The number of carbonyl (C=O) groups excluding carboxylic acids is 1. The molecule has 3 heteroatoms. The molecule has 1 heterocycles. The van der Waals surface area contributed by atoms with Gasteiger partial charge in [-0.15, -0.1) is 0 Å². The van der Waals surface area contributed by atoms with E-state index in [0.29, 0.717) is 12.3 Å². The van der Waals surface area contributed by atoms with Crippen LogP contribution >= 0.6 is 0 Å². The quantitative estimate of drug-likeness (QED) is 0.850. The van der Waals surface area contributed by atoms with Crippen molar-refractivity contribution in [2.24, 2.45) is 17.1 Å². The van der Waals surface area contributed by atoms with Crippen molar-refractivity contribution in [3.8, 4) is 0 Å². The fraction of sp³-hybridized carbons (Fsp3) is 0.938. The maximum absolute atomic E-state index is 12.6. The SMILES string of the molecule is NCC1(CC(=O)C2CCOC3(CCCC3)C2)CCC1. The first kappa shape index (κ1) is 13.6. The monoisotopic (exact) mass is 265 g/mol. The minimum atomic E-state index is 0.0636. The summed E-state index contributed by atoms with van der Waals surface area (Å²) in [6.45, 7) is 1.47. The lowest BCUT2D eigenvalue weighted by atomic mass is 9.64. The minimum Gasteiger partial charge on any atom is -0.375 e. The first-order valence-electron chi connectivity index (χ1n) is 8.04. The summed E-state index contributed by atoms with van der Waals surface area (Å²) < 4.78 is 6.03. The highest BCUT2D eigenvalue weighted by Crippen LogP contribution is 2.46. The Morgan fingerprint density at radius 2 is 1.89 bits per heavy atom. The van der Waals surface area contributed by atoms with E-state index in [-0.39, 0.29) is 16.9 Å². The maximum atomic E-state index is 12.6. The topological polar surface area (TPSA) is 52.3 Å². The van der Waals surface area contributed by atoms with Gasteiger partial charge in [-0.25, -0.2) is 0 Å². The molecule has 1 unspecified atom stereocenters. The van der Waals surface area contributed by atoms with Crippen LogP contribution in [0.4, 0.5) is 0 Å². The molecule has 1 saturated heterocycles. The van der Waals surface area contributed by atoms with Gasteiger partial charge in [0.05, 0.1) is 5.60 Å². The molecule has 0 radical (unpaired) electrons. The number of Topliss-reactive ketones (excluding diaryl/α,β-unsaturated/α-hetero) is 1. The van der Waals surface area contributed by atoms with E-state index in [1.165, 1.54) is 32.1 Å². The van der Waals surface area contributed by atoms with Gasteiger partial charge in [0.25, 0.3) is 0 Å². The first-order valence-corrected chi connectivity index (χ1v) is 8.04. The van der Waals surface area contributed by atoms with E-state index >= 15 is 0 Å². The predicted molar refractivity (Wildman–Crippen MR) is 74.8 cm³/mol. The Morgan fingerprint density at radius 3 is 2.47 bits per heavy atom. The summed E-state index contributed by atoms with van der Waals surface area (Å²) in [4.78, 5) is 12.6. The summed E-state index contributed by atoms with van der Waals surface area (Å²) in [5.74, 6) is 0.718. The van der Waals surface area contributed by atoms with Crippen LogP contribution < -0.4 is 5.73 Å². The molecule has 3 fully saturated rings. The lowest BCUT2D eigenvalue weighted by Gasteiger charge is -2.43. The lowest BCUT2D eigenvalue weighted by molar-refractivity contribution is -0.139. The molecule has 0 amide bonds. The van der Waals surface area contributed by atoms with Crippen LogP contribution in [-0.4, -0.2) is 24.5 Å². The predicted octanol–water partition coefficient (Wildman–Crippen LogP) is 2.81. The Kier molecular flexibility index (Phi) is 3.69. The highest BCUT2D eigenvalue weighted by atomic mass is 16.5. The third kappa shape index (κ3) is 2.59. The molecule has 3 aliphatic rings. The largest absolute Gasteiger partial charge is 0.375 e. The molecule has 0 aromatic heterocycles. The van der Waals surface area contributed by atoms with Crippen LogP contribution in [-0.2, 0) is 9.53 Å². The molecule has 19 heavy (non-hydrogen) atoms. The van der Waals surface area contributed by atoms with E-state index in [1.54, 1.807) is 0 Å². The van der Waals surface area contributed by atoms with Gasteiger partial charge in [0.2, 0.25) is 0 Å². The summed E-state index contributed by atoms with van der Waals surface area (Å²) in [5, 5.41) is 0. The van der Waals surface area contributed by atoms with Crippen LogP contribution in [0.5, 0.6) is 0 Å². The van der Waals surface area contributed by atoms with E-state index in [0.717, 1.165) is 38.7 Å². The minimum absolute atomic E-state index is 0.0636. The first-order chi connectivity index (χ1) is 9.17. The average molecular weight is 265 g/mol. The second-order valence-corrected chi connectivity index (χ2v) is 7.13. The molecule has 0 aromatic rings. The Balaban J connectivity index is 1.60. The molecule has 1 spiro atoms. The zero-order chi connectivity index (χ0) is 13.3. The van der Waals surface area contributed by atoms with Gasteiger partial charge in [-0.05, 0) is 50.5 Å². The van der Waals surface area contributed by atoms with Crippen molar-refractivity contribution >= 4 is 5.78 Å². The third-order valence-corrected chi connectivity index (χ3v) is 5.86. The van der Waals surface area contributed by atoms with Gasteiger partial charge in [0.15, 0.2) is 0 Å². The summed E-state index contributed by atoms with van der Waals surface area (Å²) in [6, 6.07) is 0. The van der Waals surface area contributed by atoms with E-state index in [4.69, 9.17) is 10.5 Å². The number of hydrogen-bond donors (Lipinski definition) is 1. The van der Waals surface area contributed by atoms with Crippen LogP contribution in [0.1, 0.15) is 64.2 Å². The Morgan fingerprint density at radius 1 is 1.16 bits per heavy atom. The zero-order valence-electron chi connectivity index (χ0n) is 12.0. The average Bonchev–Trinajstić information content (AvgIpc) is 2.81. The molecular formula is C16H27NO2. The second kappa shape index (κ2) is 5.17. The normalized spacial score (nSPS) is 32.2. The summed E-state index contributed by atoms with van der Waals surface area (Å²) >= 11 is 0. The zero-order valence-corrected chi connectivity index (χ0v) is 12.0. The molecule has 2 aliphatic carbocycles. The molecule has 0 bridgehead atoms. The molecule has 3 rings (SSSR count). The number of nitrogens with two attached hydrogens (primary N) is 1. The fourth-order valence-corrected chi connectivity index (χ4v) is 4.31. The van der Waals surface area contributed by atoms with Gasteiger partial charge in [0, 0.05) is 18.9 Å². The Bertz CT molecular complexity index is 337. The van der Waals surface area contributed by atoms with Gasteiger partial charge >= 0.3 is 0 Å². The Labute approximate surface area is 116 Å². The molecule has 1 aliphatic heterocycles. The van der Waals surface area contributed by atoms with Gasteiger partial charge in [-0.3, -0.25) is 4.79 Å². The van der Waals surface area contributed by atoms with Gasteiger partial charge in [-0.2, -0.15) is 0 Å². The van der Waals surface area contributed by atoms with Crippen LogP contribution in [0.2, 0.25) is 0 Å². The number of carbonyl (C=O) groups is 1. The smallest absolute Gasteiger partial charge is 0.136 e. The highest BCUT2D eigenvalue weighted by Gasteiger charge is 2.44. The van der Waals surface area contributed by atoms with Crippen molar-refractivity contribution in [2.75, 3.05) is 13.2 Å². The second-order valence-electron chi connectivity index (χ2n) is 7.13. The molecule has 1 atom stereocenters. The van der Waals surface area contributed by atoms with Gasteiger partial charge in [-0.1, -0.05) is 19.3 Å². The van der Waals surface area contributed by atoms with Crippen molar-refractivity contribution < 1.29 is 9.53 Å². The summed E-state index contributed by atoms with van der Waals surface area (Å²) in [6.07, 6.45) is 11.1. The third-order valence-electron chi connectivity index (χ3n) is 5.86. The van der Waals surface area contributed by atoms with Crippen molar-refractivity contribution in [3.63, 3.8) is 0 Å². The fourth-order valence-electron chi connectivity index (χ4n) is 4.31. The maximum Gasteiger partial charge on any atom is 0.136 e. The highest BCUT2D eigenvalue weighted by molar-refractivity contribution is 5.82. The molecule has 3 nitrogen and oxygen atoms in total. The van der Waals surface area contributed by atoms with Crippen LogP contribution in [0.25, 0.3) is 0 Å². The van der Waals surface area contributed by atoms with Crippen molar-refractivity contribution in [2.45, 2.75) is 69.8 Å². The summed E-state index contributed by atoms with van der Waals surface area (Å²) in [5.41, 5.74) is 6.11. The Hall–Kier alpha value is -0.410. The standard InChI is InChI=1S/C16H27NO2/c17-12-15(5-3-6-15)11-14(18)13-4-9-19-16(10-13)7-1-2-8-16/h13H,1-12,17H2. The molecule has 0 aromatic carbocycles. The number of ether oxygens (including phenoxy) is 1. The van der Waals surface area contributed by atoms with E-state index < -0.39 is 0 Å². The summed E-state index contributed by atoms with van der Waals surface area (Å²) in [7, 11) is 0. The van der Waals surface area contributed by atoms with Gasteiger partial charge < -0.3 is 10.5 Å². The van der Waals surface area contributed by atoms with E-state index in [2.05, 4.69) is 0 Å². The molecule has 2 N–H and O–H groups in total. The number of rotatable bonds is 4. The van der Waals surface area contributed by atoms with Crippen molar-refractivity contribution in [1.82, 2.24) is 0 Å². The number of hydrogen-bond acceptors (Lipinski definition) is 3. The molecule has 2 saturated carbocycles. The van der Waals surface area contributed by atoms with E-state index in [1.807, 2.05) is 0 Å². The van der Waals surface area contributed by atoms with Gasteiger partial charge in [0.1, 0.15) is 5.78 Å². The molecular weight excluding hydrogens is 238 g/mol. The van der Waals surface area contributed by atoms with Crippen molar-refractivity contribution in [3.05, 3.63) is 0 Å². The molecule has 108 valence electrons. The number of ketones is 1. The van der Waals surface area contributed by atoms with Crippen LogP contribution in [0.3, 0.4) is 0 Å². The van der Waals surface area contributed by atoms with E-state index in [9.17, 15) is 4.79 Å². The van der Waals surface area contributed by atoms with Crippen molar-refractivity contribution in [1.29, 1.82) is 0 Å². The van der Waals surface area contributed by atoms with Crippen LogP contribution in [0, 0.1) is 11.3 Å².